The maximum Gasteiger partial charge on any atom is 0.339 e. The van der Waals surface area contributed by atoms with Crippen LogP contribution in [0.3, 0.4) is 0 Å². The molecule has 0 spiro atoms. The Labute approximate surface area is 120 Å². The van der Waals surface area contributed by atoms with Crippen molar-refractivity contribution in [3.63, 3.8) is 0 Å². The molecular formula is C16H24N2O2. The minimum absolute atomic E-state index is 0.306. The molecule has 1 aromatic heterocycles. The monoisotopic (exact) mass is 276 g/mol. The van der Waals surface area contributed by atoms with Crippen LogP contribution >= 0.6 is 0 Å². The molecule has 4 nitrogen and oxygen atoms in total. The summed E-state index contributed by atoms with van der Waals surface area (Å²) in [5, 5.41) is 12.8. The summed E-state index contributed by atoms with van der Waals surface area (Å²) in [6.45, 7) is 6.30. The predicted octanol–water partition coefficient (Wildman–Crippen LogP) is 3.71. The average Bonchev–Trinajstić information content (AvgIpc) is 2.38. The van der Waals surface area contributed by atoms with Crippen LogP contribution in [-0.4, -0.2) is 22.1 Å². The Bertz CT molecular complexity index is 485. The number of aromatic carboxylic acids is 1. The predicted molar refractivity (Wildman–Crippen MR) is 80.1 cm³/mol. The SMILES string of the molecule is Cc1ccnc(NC2CCCCC2C(C)C)c1C(=O)O. The molecule has 2 rings (SSSR count). The van der Waals surface area contributed by atoms with Crippen molar-refractivity contribution in [3.8, 4) is 0 Å². The summed E-state index contributed by atoms with van der Waals surface area (Å²) in [5.74, 6) is 0.809. The summed E-state index contributed by atoms with van der Waals surface area (Å²) in [5.41, 5.74) is 1.06. The maximum absolute atomic E-state index is 11.4. The molecule has 2 atom stereocenters. The van der Waals surface area contributed by atoms with Gasteiger partial charge in [0.15, 0.2) is 0 Å². The molecule has 0 bridgehead atoms. The number of carbonyl (C=O) groups is 1. The van der Waals surface area contributed by atoms with E-state index in [4.69, 9.17) is 0 Å². The number of nitrogens with one attached hydrogen (secondary N) is 1. The zero-order valence-electron chi connectivity index (χ0n) is 12.5. The summed E-state index contributed by atoms with van der Waals surface area (Å²) >= 11 is 0. The number of aromatic nitrogens is 1. The Hall–Kier alpha value is -1.58. The summed E-state index contributed by atoms with van der Waals surface area (Å²) in [6, 6.07) is 2.08. The average molecular weight is 276 g/mol. The number of pyridine rings is 1. The van der Waals surface area contributed by atoms with Gasteiger partial charge in [0, 0.05) is 12.2 Å². The van der Waals surface area contributed by atoms with E-state index in [0.717, 1.165) is 12.0 Å². The number of anilines is 1. The molecule has 1 heterocycles. The molecule has 0 saturated heterocycles. The van der Waals surface area contributed by atoms with Crippen LogP contribution in [0.25, 0.3) is 0 Å². The number of carboxylic acid groups (broad SMARTS) is 1. The Morgan fingerprint density at radius 3 is 2.75 bits per heavy atom. The van der Waals surface area contributed by atoms with Crippen LogP contribution in [0.5, 0.6) is 0 Å². The third kappa shape index (κ3) is 3.11. The highest BCUT2D eigenvalue weighted by Gasteiger charge is 2.29. The van der Waals surface area contributed by atoms with E-state index in [-0.39, 0.29) is 0 Å². The zero-order valence-corrected chi connectivity index (χ0v) is 12.5. The van der Waals surface area contributed by atoms with Gasteiger partial charge in [0.05, 0.1) is 0 Å². The Morgan fingerprint density at radius 1 is 1.40 bits per heavy atom. The van der Waals surface area contributed by atoms with Gasteiger partial charge >= 0.3 is 5.97 Å². The lowest BCUT2D eigenvalue weighted by Crippen LogP contribution is -2.36. The first-order chi connectivity index (χ1) is 9.50. The molecule has 20 heavy (non-hydrogen) atoms. The quantitative estimate of drug-likeness (QED) is 0.880. The number of hydrogen-bond donors (Lipinski definition) is 2. The van der Waals surface area contributed by atoms with Gasteiger partial charge < -0.3 is 10.4 Å². The standard InChI is InChI=1S/C16H24N2O2/c1-10(2)12-6-4-5-7-13(12)18-15-14(16(19)20)11(3)8-9-17-15/h8-10,12-13H,4-7H2,1-3H3,(H,17,18)(H,19,20). The summed E-state index contributed by atoms with van der Waals surface area (Å²) < 4.78 is 0. The largest absolute Gasteiger partial charge is 0.478 e. The van der Waals surface area contributed by atoms with Crippen LogP contribution < -0.4 is 5.32 Å². The van der Waals surface area contributed by atoms with Gasteiger partial charge in [-0.25, -0.2) is 9.78 Å². The Morgan fingerprint density at radius 2 is 2.10 bits per heavy atom. The second-order valence-corrected chi connectivity index (χ2v) is 6.10. The molecule has 0 aromatic carbocycles. The highest BCUT2D eigenvalue weighted by Crippen LogP contribution is 2.32. The lowest BCUT2D eigenvalue weighted by Gasteiger charge is -2.35. The maximum atomic E-state index is 11.4. The van der Waals surface area contributed by atoms with Crippen LogP contribution in [0.1, 0.15) is 55.5 Å². The lowest BCUT2D eigenvalue weighted by atomic mass is 9.78. The van der Waals surface area contributed by atoms with Crippen molar-refractivity contribution in [1.82, 2.24) is 4.98 Å². The zero-order chi connectivity index (χ0) is 14.7. The van der Waals surface area contributed by atoms with Gasteiger partial charge in [0.2, 0.25) is 0 Å². The Balaban J connectivity index is 2.24. The number of nitrogens with zero attached hydrogens (tertiary/aromatic N) is 1. The highest BCUT2D eigenvalue weighted by atomic mass is 16.4. The van der Waals surface area contributed by atoms with Gasteiger partial charge in [-0.15, -0.1) is 0 Å². The smallest absolute Gasteiger partial charge is 0.339 e. The minimum Gasteiger partial charge on any atom is -0.478 e. The van der Waals surface area contributed by atoms with Crippen LogP contribution in [0.4, 0.5) is 5.82 Å². The number of aryl methyl sites for hydroxylation is 1. The van der Waals surface area contributed by atoms with Crippen LogP contribution in [0.2, 0.25) is 0 Å². The molecule has 0 aliphatic heterocycles. The lowest BCUT2D eigenvalue weighted by molar-refractivity contribution is 0.0696. The van der Waals surface area contributed by atoms with Crippen LogP contribution in [-0.2, 0) is 0 Å². The van der Waals surface area contributed by atoms with Crippen molar-refractivity contribution in [2.75, 3.05) is 5.32 Å². The first-order valence-electron chi connectivity index (χ1n) is 7.46. The summed E-state index contributed by atoms with van der Waals surface area (Å²) in [4.78, 5) is 15.7. The van der Waals surface area contributed by atoms with E-state index in [0.29, 0.717) is 29.3 Å². The van der Waals surface area contributed by atoms with E-state index in [1.165, 1.54) is 19.3 Å². The van der Waals surface area contributed by atoms with Crippen molar-refractivity contribution < 1.29 is 9.90 Å². The third-order valence-corrected chi connectivity index (χ3v) is 4.37. The molecule has 1 aliphatic rings. The first kappa shape index (κ1) is 14.8. The second-order valence-electron chi connectivity index (χ2n) is 6.10. The molecule has 2 unspecified atom stereocenters. The number of carboxylic acids is 1. The van der Waals surface area contributed by atoms with Crippen molar-refractivity contribution in [2.45, 2.75) is 52.5 Å². The molecule has 0 amide bonds. The molecule has 1 aromatic rings. The Kier molecular flexibility index (Phi) is 4.63. The van der Waals surface area contributed by atoms with E-state index in [9.17, 15) is 9.90 Å². The molecule has 1 fully saturated rings. The van der Waals surface area contributed by atoms with E-state index < -0.39 is 5.97 Å². The molecule has 0 radical (unpaired) electrons. The van der Waals surface area contributed by atoms with Crippen molar-refractivity contribution in [2.24, 2.45) is 11.8 Å². The van der Waals surface area contributed by atoms with E-state index in [1.54, 1.807) is 12.3 Å². The summed E-state index contributed by atoms with van der Waals surface area (Å²) in [7, 11) is 0. The summed E-state index contributed by atoms with van der Waals surface area (Å²) in [6.07, 6.45) is 6.46. The normalized spacial score (nSPS) is 22.8. The fraction of sp³-hybridized carbons (Fsp3) is 0.625. The van der Waals surface area contributed by atoms with Crippen molar-refractivity contribution in [3.05, 3.63) is 23.4 Å². The van der Waals surface area contributed by atoms with Gasteiger partial charge in [0.25, 0.3) is 0 Å². The number of hydrogen-bond acceptors (Lipinski definition) is 3. The van der Waals surface area contributed by atoms with Gasteiger partial charge in [-0.05, 0) is 43.2 Å². The van der Waals surface area contributed by atoms with Gasteiger partial charge in [-0.1, -0.05) is 26.7 Å². The van der Waals surface area contributed by atoms with Crippen LogP contribution in [0.15, 0.2) is 12.3 Å². The van der Waals surface area contributed by atoms with Gasteiger partial charge in [-0.3, -0.25) is 0 Å². The van der Waals surface area contributed by atoms with Crippen molar-refractivity contribution in [1.29, 1.82) is 0 Å². The molecule has 4 heteroatoms. The molecule has 1 aliphatic carbocycles. The fourth-order valence-electron chi connectivity index (χ4n) is 3.25. The van der Waals surface area contributed by atoms with E-state index in [2.05, 4.69) is 24.1 Å². The fourth-order valence-corrected chi connectivity index (χ4v) is 3.25. The molecule has 1 saturated carbocycles. The topological polar surface area (TPSA) is 62.2 Å². The second kappa shape index (κ2) is 6.25. The minimum atomic E-state index is -0.907. The highest BCUT2D eigenvalue weighted by molar-refractivity contribution is 5.94. The van der Waals surface area contributed by atoms with E-state index >= 15 is 0 Å². The number of rotatable bonds is 4. The third-order valence-electron chi connectivity index (χ3n) is 4.37. The first-order valence-corrected chi connectivity index (χ1v) is 7.46. The van der Waals surface area contributed by atoms with E-state index in [1.807, 2.05) is 6.92 Å². The van der Waals surface area contributed by atoms with Crippen molar-refractivity contribution >= 4 is 11.8 Å². The molecule has 2 N–H and O–H groups in total. The van der Waals surface area contributed by atoms with Crippen LogP contribution in [0, 0.1) is 18.8 Å². The van der Waals surface area contributed by atoms with Gasteiger partial charge in [0.1, 0.15) is 11.4 Å². The molecule has 110 valence electrons. The van der Waals surface area contributed by atoms with Gasteiger partial charge in [-0.2, -0.15) is 0 Å². The molecular weight excluding hydrogens is 252 g/mol.